The Morgan fingerprint density at radius 2 is 1.63 bits per heavy atom. The predicted molar refractivity (Wildman–Crippen MR) is 113 cm³/mol. The van der Waals surface area contributed by atoms with E-state index in [-0.39, 0.29) is 25.0 Å². The summed E-state index contributed by atoms with van der Waals surface area (Å²) in [6, 6.07) is 24.9. The van der Waals surface area contributed by atoms with Crippen LogP contribution in [0.5, 0.6) is 11.5 Å². The Balaban J connectivity index is 1.29. The fraction of sp³-hybridized carbons (Fsp3) is 0.167. The maximum absolute atomic E-state index is 12.4. The van der Waals surface area contributed by atoms with E-state index in [1.165, 1.54) is 0 Å². The first kappa shape index (κ1) is 19.5. The number of ether oxygens (including phenoxy) is 2. The molecule has 6 heteroatoms. The molecule has 1 atom stereocenters. The lowest BCUT2D eigenvalue weighted by molar-refractivity contribution is -0.132. The molecule has 6 nitrogen and oxygen atoms in total. The molecular weight excluding hydrogens is 380 g/mol. The average molecular weight is 402 g/mol. The summed E-state index contributed by atoms with van der Waals surface area (Å²) in [6.45, 7) is 0.0633. The number of hydrogen-bond donors (Lipinski definition) is 2. The summed E-state index contributed by atoms with van der Waals surface area (Å²) >= 11 is 0. The van der Waals surface area contributed by atoms with Crippen LogP contribution in [0.2, 0.25) is 0 Å². The van der Waals surface area contributed by atoms with Crippen molar-refractivity contribution in [2.75, 3.05) is 13.2 Å². The zero-order valence-corrected chi connectivity index (χ0v) is 16.3. The number of carbonyl (C=O) groups is 2. The summed E-state index contributed by atoms with van der Waals surface area (Å²) in [4.78, 5) is 24.5. The van der Waals surface area contributed by atoms with E-state index < -0.39 is 5.91 Å². The lowest BCUT2D eigenvalue weighted by Gasteiger charge is -2.24. The molecule has 2 N–H and O–H groups in total. The molecule has 1 aliphatic heterocycles. The molecule has 0 saturated carbocycles. The van der Waals surface area contributed by atoms with Crippen LogP contribution in [0.4, 0.5) is 0 Å². The minimum absolute atomic E-state index is 0.214. The van der Waals surface area contributed by atoms with Gasteiger partial charge in [0.15, 0.2) is 6.61 Å². The molecule has 0 bridgehead atoms. The Kier molecular flexibility index (Phi) is 5.94. The molecule has 1 heterocycles. The van der Waals surface area contributed by atoms with Crippen LogP contribution < -0.4 is 20.3 Å². The van der Waals surface area contributed by atoms with Crippen molar-refractivity contribution in [2.45, 2.75) is 6.42 Å². The van der Waals surface area contributed by atoms with Gasteiger partial charge in [0.05, 0.1) is 5.92 Å². The molecule has 0 fully saturated rings. The van der Waals surface area contributed by atoms with Gasteiger partial charge in [0.25, 0.3) is 5.91 Å². The molecule has 3 aromatic rings. The molecule has 30 heavy (non-hydrogen) atoms. The smallest absolute Gasteiger partial charge is 0.276 e. The minimum atomic E-state index is -0.441. The number of amides is 2. The van der Waals surface area contributed by atoms with Crippen LogP contribution in [0.15, 0.2) is 78.9 Å². The average Bonchev–Trinajstić information content (AvgIpc) is 2.81. The number of hydrazine groups is 1. The lowest BCUT2D eigenvalue weighted by Crippen LogP contribution is -2.48. The van der Waals surface area contributed by atoms with Crippen molar-refractivity contribution in [3.8, 4) is 22.6 Å². The third-order valence-corrected chi connectivity index (χ3v) is 4.91. The molecule has 1 aliphatic rings. The summed E-state index contributed by atoms with van der Waals surface area (Å²) in [7, 11) is 0. The third-order valence-electron chi connectivity index (χ3n) is 4.91. The normalized spacial score (nSPS) is 14.7. The first-order chi connectivity index (χ1) is 14.7. The van der Waals surface area contributed by atoms with Crippen molar-refractivity contribution in [1.82, 2.24) is 10.9 Å². The number of para-hydroxylation sites is 2. The Morgan fingerprint density at radius 1 is 0.900 bits per heavy atom. The van der Waals surface area contributed by atoms with E-state index in [1.54, 1.807) is 0 Å². The zero-order chi connectivity index (χ0) is 20.8. The Bertz CT molecular complexity index is 1040. The maximum Gasteiger partial charge on any atom is 0.276 e. The molecule has 152 valence electrons. The highest BCUT2D eigenvalue weighted by molar-refractivity contribution is 5.84. The van der Waals surface area contributed by atoms with Gasteiger partial charge in [0, 0.05) is 5.56 Å². The molecule has 0 aromatic heterocycles. The van der Waals surface area contributed by atoms with Crippen molar-refractivity contribution >= 4 is 11.8 Å². The number of hydrogen-bond acceptors (Lipinski definition) is 4. The van der Waals surface area contributed by atoms with Crippen LogP contribution in [-0.2, 0) is 16.0 Å². The van der Waals surface area contributed by atoms with E-state index >= 15 is 0 Å². The Hall–Kier alpha value is -3.80. The van der Waals surface area contributed by atoms with E-state index in [2.05, 4.69) is 10.9 Å². The van der Waals surface area contributed by atoms with E-state index in [1.807, 2.05) is 78.9 Å². The lowest BCUT2D eigenvalue weighted by atomic mass is 9.96. The van der Waals surface area contributed by atoms with Crippen LogP contribution >= 0.6 is 0 Å². The van der Waals surface area contributed by atoms with Crippen molar-refractivity contribution < 1.29 is 19.1 Å². The van der Waals surface area contributed by atoms with Crippen LogP contribution in [-0.4, -0.2) is 25.0 Å². The van der Waals surface area contributed by atoms with Crippen molar-refractivity contribution in [3.05, 3.63) is 84.4 Å². The highest BCUT2D eigenvalue weighted by Gasteiger charge is 2.26. The summed E-state index contributed by atoms with van der Waals surface area (Å²) in [5.74, 6) is 0.310. The number of carbonyl (C=O) groups excluding carboxylic acids is 2. The second kappa shape index (κ2) is 9.13. The quantitative estimate of drug-likeness (QED) is 0.643. The summed E-state index contributed by atoms with van der Waals surface area (Å²) in [6.07, 6.45) is 0.568. The molecule has 0 radical (unpaired) electrons. The van der Waals surface area contributed by atoms with Crippen molar-refractivity contribution in [1.29, 1.82) is 0 Å². The molecule has 0 aliphatic carbocycles. The van der Waals surface area contributed by atoms with Gasteiger partial charge in [-0.25, -0.2) is 0 Å². The highest BCUT2D eigenvalue weighted by Crippen LogP contribution is 2.29. The molecule has 4 rings (SSSR count). The van der Waals surface area contributed by atoms with E-state index in [4.69, 9.17) is 9.47 Å². The van der Waals surface area contributed by atoms with Gasteiger partial charge in [-0.15, -0.1) is 0 Å². The van der Waals surface area contributed by atoms with Gasteiger partial charge in [-0.1, -0.05) is 66.7 Å². The number of fused-ring (bicyclic) bond motifs is 1. The molecule has 0 saturated heterocycles. The van der Waals surface area contributed by atoms with Crippen molar-refractivity contribution in [2.24, 2.45) is 5.92 Å². The molecule has 3 aromatic carbocycles. The van der Waals surface area contributed by atoms with Gasteiger partial charge in [-0.05, 0) is 29.7 Å². The maximum atomic E-state index is 12.4. The first-order valence-electron chi connectivity index (χ1n) is 9.77. The Morgan fingerprint density at radius 3 is 2.50 bits per heavy atom. The van der Waals surface area contributed by atoms with Gasteiger partial charge in [0.1, 0.15) is 18.1 Å². The number of benzene rings is 3. The second-order valence-electron chi connectivity index (χ2n) is 7.01. The largest absolute Gasteiger partial charge is 0.492 e. The number of nitrogens with one attached hydrogen (secondary N) is 2. The topological polar surface area (TPSA) is 76.7 Å². The summed E-state index contributed by atoms with van der Waals surface area (Å²) < 4.78 is 11.3. The SMILES string of the molecule is O=C(COc1ccccc1-c1ccccc1)NNC(=O)C1COc2ccccc2C1. The monoisotopic (exact) mass is 402 g/mol. The second-order valence-corrected chi connectivity index (χ2v) is 7.01. The molecule has 0 spiro atoms. The minimum Gasteiger partial charge on any atom is -0.492 e. The molecule has 2 amide bonds. The van der Waals surface area contributed by atoms with Gasteiger partial charge in [-0.2, -0.15) is 0 Å². The standard InChI is InChI=1S/C24H22N2O4/c27-23(16-30-22-13-7-5-11-20(22)17-8-2-1-3-9-17)25-26-24(28)19-14-18-10-4-6-12-21(18)29-15-19/h1-13,19H,14-16H2,(H,25,27)(H,26,28). The van der Waals surface area contributed by atoms with Gasteiger partial charge >= 0.3 is 0 Å². The van der Waals surface area contributed by atoms with Crippen LogP contribution in [0, 0.1) is 5.92 Å². The van der Waals surface area contributed by atoms with Gasteiger partial charge in [0.2, 0.25) is 5.91 Å². The van der Waals surface area contributed by atoms with Crippen molar-refractivity contribution in [3.63, 3.8) is 0 Å². The number of rotatable bonds is 5. The van der Waals surface area contributed by atoms with E-state index in [0.717, 1.165) is 22.4 Å². The third kappa shape index (κ3) is 4.60. The Labute approximate surface area is 174 Å². The highest BCUT2D eigenvalue weighted by atomic mass is 16.5. The fourth-order valence-electron chi connectivity index (χ4n) is 3.36. The van der Waals surface area contributed by atoms with Gasteiger partial charge in [-0.3, -0.25) is 20.4 Å². The zero-order valence-electron chi connectivity index (χ0n) is 16.3. The van der Waals surface area contributed by atoms with Crippen LogP contribution in [0.1, 0.15) is 5.56 Å². The molecule has 1 unspecified atom stereocenters. The van der Waals surface area contributed by atoms with Crippen LogP contribution in [0.25, 0.3) is 11.1 Å². The van der Waals surface area contributed by atoms with E-state index in [9.17, 15) is 9.59 Å². The summed E-state index contributed by atoms with van der Waals surface area (Å²) in [5.41, 5.74) is 7.76. The van der Waals surface area contributed by atoms with Gasteiger partial charge < -0.3 is 9.47 Å². The fourth-order valence-corrected chi connectivity index (χ4v) is 3.36. The van der Waals surface area contributed by atoms with E-state index in [0.29, 0.717) is 12.2 Å². The molecular formula is C24H22N2O4. The van der Waals surface area contributed by atoms with Crippen LogP contribution in [0.3, 0.4) is 0 Å². The predicted octanol–water partition coefficient (Wildman–Crippen LogP) is 3.13. The first-order valence-corrected chi connectivity index (χ1v) is 9.77. The summed E-state index contributed by atoms with van der Waals surface area (Å²) in [5, 5.41) is 0.